The van der Waals surface area contributed by atoms with Crippen LogP contribution in [0.15, 0.2) is 0 Å². The predicted octanol–water partition coefficient (Wildman–Crippen LogP) is -0.0542. The maximum absolute atomic E-state index is 11.1. The van der Waals surface area contributed by atoms with Gasteiger partial charge >= 0.3 is 0 Å². The molecule has 0 bridgehead atoms. The monoisotopic (exact) mass is 175 g/mol. The van der Waals surface area contributed by atoms with Crippen molar-refractivity contribution < 1.29 is 9.90 Å². The molecular formula is C7H13NO2S. The van der Waals surface area contributed by atoms with Crippen LogP contribution in [-0.2, 0) is 4.79 Å². The summed E-state index contributed by atoms with van der Waals surface area (Å²) in [6.07, 6.45) is 1.77. The third kappa shape index (κ3) is 2.10. The molecule has 1 aliphatic carbocycles. The molecule has 4 heteroatoms. The van der Waals surface area contributed by atoms with Gasteiger partial charge in [0.25, 0.3) is 0 Å². The van der Waals surface area contributed by atoms with E-state index in [1.165, 1.54) is 0 Å². The zero-order chi connectivity index (χ0) is 8.48. The molecule has 11 heavy (non-hydrogen) atoms. The summed E-state index contributed by atoms with van der Waals surface area (Å²) in [6.45, 7) is 1.76. The highest BCUT2D eigenvalue weighted by atomic mass is 32.1. The van der Waals surface area contributed by atoms with Gasteiger partial charge in [0.15, 0.2) is 0 Å². The van der Waals surface area contributed by atoms with Gasteiger partial charge < -0.3 is 10.4 Å². The van der Waals surface area contributed by atoms with Gasteiger partial charge in [-0.1, -0.05) is 0 Å². The van der Waals surface area contributed by atoms with Gasteiger partial charge in [-0.05, 0) is 19.8 Å². The van der Waals surface area contributed by atoms with Crippen molar-refractivity contribution in [3.63, 3.8) is 0 Å². The van der Waals surface area contributed by atoms with E-state index in [0.29, 0.717) is 0 Å². The fourth-order valence-electron chi connectivity index (χ4n) is 0.839. The number of nitrogens with one attached hydrogen (secondary N) is 1. The second-order valence-electron chi connectivity index (χ2n) is 3.10. The number of aliphatic hydroxyl groups excluding tert-OH is 1. The van der Waals surface area contributed by atoms with Crippen LogP contribution in [0.1, 0.15) is 19.8 Å². The largest absolute Gasteiger partial charge is 0.394 e. The molecule has 1 fully saturated rings. The van der Waals surface area contributed by atoms with Crippen molar-refractivity contribution in [3.05, 3.63) is 0 Å². The molecule has 1 rings (SSSR count). The molecule has 1 atom stereocenters. The number of aliphatic hydroxyl groups is 1. The predicted molar refractivity (Wildman–Crippen MR) is 45.6 cm³/mol. The molecule has 1 unspecified atom stereocenters. The number of thiol groups is 1. The van der Waals surface area contributed by atoms with Gasteiger partial charge in [0.05, 0.1) is 17.4 Å². The molecule has 64 valence electrons. The lowest BCUT2D eigenvalue weighted by Crippen LogP contribution is -2.42. The third-order valence-corrected chi connectivity index (χ3v) is 2.16. The first kappa shape index (κ1) is 8.87. The summed E-state index contributed by atoms with van der Waals surface area (Å²) in [4.78, 5) is 11.1. The average molecular weight is 175 g/mol. The van der Waals surface area contributed by atoms with Crippen LogP contribution in [-0.4, -0.2) is 28.4 Å². The SMILES string of the molecule is CC(S)C(=O)NC1(CO)CC1. The first-order valence-electron chi connectivity index (χ1n) is 3.71. The minimum absolute atomic E-state index is 0.0409. The number of carbonyl (C=O) groups excluding carboxylic acids is 1. The summed E-state index contributed by atoms with van der Waals surface area (Å²) in [5.74, 6) is -0.0973. The summed E-state index contributed by atoms with van der Waals surface area (Å²) in [6, 6.07) is 0. The van der Waals surface area contributed by atoms with Crippen LogP contribution >= 0.6 is 12.6 Å². The van der Waals surface area contributed by atoms with Gasteiger partial charge in [-0.2, -0.15) is 12.6 Å². The van der Waals surface area contributed by atoms with E-state index < -0.39 is 0 Å². The fraction of sp³-hybridized carbons (Fsp3) is 0.857. The van der Waals surface area contributed by atoms with E-state index in [0.717, 1.165) is 12.8 Å². The second-order valence-corrected chi connectivity index (χ2v) is 3.88. The number of carbonyl (C=O) groups is 1. The average Bonchev–Trinajstić information content (AvgIpc) is 2.69. The van der Waals surface area contributed by atoms with Gasteiger partial charge in [-0.15, -0.1) is 0 Å². The molecule has 3 nitrogen and oxygen atoms in total. The van der Waals surface area contributed by atoms with E-state index in [2.05, 4.69) is 17.9 Å². The maximum atomic E-state index is 11.1. The normalized spacial score (nSPS) is 22.5. The summed E-state index contributed by atoms with van der Waals surface area (Å²) >= 11 is 3.98. The summed E-state index contributed by atoms with van der Waals surface area (Å²) in [7, 11) is 0. The highest BCUT2D eigenvalue weighted by Gasteiger charge is 2.43. The van der Waals surface area contributed by atoms with Crippen molar-refractivity contribution >= 4 is 18.5 Å². The quantitative estimate of drug-likeness (QED) is 0.527. The molecule has 0 aromatic heterocycles. The smallest absolute Gasteiger partial charge is 0.233 e. The maximum Gasteiger partial charge on any atom is 0.233 e. The van der Waals surface area contributed by atoms with Crippen molar-refractivity contribution in [1.29, 1.82) is 0 Å². The topological polar surface area (TPSA) is 49.3 Å². The highest BCUT2D eigenvalue weighted by Crippen LogP contribution is 2.34. The Labute approximate surface area is 71.6 Å². The van der Waals surface area contributed by atoms with Gasteiger partial charge in [-0.25, -0.2) is 0 Å². The standard InChI is InChI=1S/C7H13NO2S/c1-5(11)6(10)8-7(4-9)2-3-7/h5,9,11H,2-4H2,1H3,(H,8,10). The lowest BCUT2D eigenvalue weighted by Gasteiger charge is -2.15. The first-order chi connectivity index (χ1) is 5.09. The van der Waals surface area contributed by atoms with Crippen molar-refractivity contribution in [2.24, 2.45) is 0 Å². The molecule has 0 aromatic rings. The van der Waals surface area contributed by atoms with Gasteiger partial charge in [0, 0.05) is 0 Å². The minimum Gasteiger partial charge on any atom is -0.394 e. The van der Waals surface area contributed by atoms with E-state index >= 15 is 0 Å². The zero-order valence-electron chi connectivity index (χ0n) is 6.50. The molecule has 0 spiro atoms. The second kappa shape index (κ2) is 3.03. The molecule has 0 saturated heterocycles. The molecule has 1 amide bonds. The molecule has 0 aliphatic heterocycles. The molecule has 2 N–H and O–H groups in total. The van der Waals surface area contributed by atoms with Crippen LogP contribution in [0.5, 0.6) is 0 Å². The van der Waals surface area contributed by atoms with Crippen molar-refractivity contribution in [3.8, 4) is 0 Å². The first-order valence-corrected chi connectivity index (χ1v) is 4.22. The lowest BCUT2D eigenvalue weighted by atomic mass is 10.3. The Balaban J connectivity index is 2.36. The Morgan fingerprint density at radius 3 is 2.64 bits per heavy atom. The summed E-state index contributed by atoms with van der Waals surface area (Å²) < 4.78 is 0. The van der Waals surface area contributed by atoms with Gasteiger partial charge in [0.1, 0.15) is 0 Å². The minimum atomic E-state index is -0.298. The molecular weight excluding hydrogens is 162 g/mol. The van der Waals surface area contributed by atoms with Crippen LogP contribution in [0.4, 0.5) is 0 Å². The number of hydrogen-bond acceptors (Lipinski definition) is 3. The van der Waals surface area contributed by atoms with Crippen molar-refractivity contribution in [1.82, 2.24) is 5.32 Å². The van der Waals surface area contributed by atoms with Crippen molar-refractivity contribution in [2.45, 2.75) is 30.6 Å². The fourth-order valence-corrected chi connectivity index (χ4v) is 0.904. The van der Waals surface area contributed by atoms with E-state index in [1.54, 1.807) is 6.92 Å². The van der Waals surface area contributed by atoms with Crippen LogP contribution in [0.25, 0.3) is 0 Å². The van der Waals surface area contributed by atoms with Crippen LogP contribution in [0.3, 0.4) is 0 Å². The van der Waals surface area contributed by atoms with E-state index in [9.17, 15) is 4.79 Å². The van der Waals surface area contributed by atoms with E-state index in [-0.39, 0.29) is 23.3 Å². The Kier molecular flexibility index (Phi) is 2.44. The molecule has 1 saturated carbocycles. The number of rotatable bonds is 3. The Morgan fingerprint density at radius 2 is 2.36 bits per heavy atom. The molecule has 0 radical (unpaired) electrons. The third-order valence-electron chi connectivity index (χ3n) is 1.92. The van der Waals surface area contributed by atoms with Crippen LogP contribution < -0.4 is 5.32 Å². The van der Waals surface area contributed by atoms with E-state index in [1.807, 2.05) is 0 Å². The Hall–Kier alpha value is -0.220. The molecule has 0 aromatic carbocycles. The molecule has 0 heterocycles. The summed E-state index contributed by atoms with van der Waals surface area (Å²) in [5, 5.41) is 11.3. The zero-order valence-corrected chi connectivity index (χ0v) is 7.40. The Bertz CT molecular complexity index is 166. The van der Waals surface area contributed by atoms with Gasteiger partial charge in [-0.3, -0.25) is 4.79 Å². The van der Waals surface area contributed by atoms with E-state index in [4.69, 9.17) is 5.11 Å². The number of hydrogen-bond donors (Lipinski definition) is 3. The van der Waals surface area contributed by atoms with Crippen LogP contribution in [0, 0.1) is 0 Å². The van der Waals surface area contributed by atoms with Crippen molar-refractivity contribution in [2.75, 3.05) is 6.61 Å². The molecule has 1 aliphatic rings. The Morgan fingerprint density at radius 1 is 1.82 bits per heavy atom. The number of amides is 1. The lowest BCUT2D eigenvalue weighted by molar-refractivity contribution is -0.121. The van der Waals surface area contributed by atoms with Gasteiger partial charge in [0.2, 0.25) is 5.91 Å². The summed E-state index contributed by atoms with van der Waals surface area (Å²) in [5.41, 5.74) is -0.298. The van der Waals surface area contributed by atoms with Crippen LogP contribution in [0.2, 0.25) is 0 Å². The highest BCUT2D eigenvalue weighted by molar-refractivity contribution is 7.81.